The molecule has 1 atom stereocenters. The molecule has 158 valence electrons. The normalized spacial score (nSPS) is 16.8. The highest BCUT2D eigenvalue weighted by Gasteiger charge is 2.44. The van der Waals surface area contributed by atoms with E-state index in [0.29, 0.717) is 10.7 Å². The summed E-state index contributed by atoms with van der Waals surface area (Å²) in [4.78, 5) is 41.9. The van der Waals surface area contributed by atoms with Crippen LogP contribution in [0.5, 0.6) is 0 Å². The second-order valence-corrected chi connectivity index (χ2v) is 9.94. The van der Waals surface area contributed by atoms with Crippen LogP contribution in [0.25, 0.3) is 0 Å². The number of imide groups is 1. The zero-order valence-corrected chi connectivity index (χ0v) is 19.5. The van der Waals surface area contributed by atoms with Crippen LogP contribution in [0.2, 0.25) is 5.02 Å². The van der Waals surface area contributed by atoms with Crippen LogP contribution < -0.4 is 4.90 Å². The first-order valence-corrected chi connectivity index (χ1v) is 10.9. The summed E-state index contributed by atoms with van der Waals surface area (Å²) in [5.41, 5.74) is 0.979. The highest BCUT2D eigenvalue weighted by Crippen LogP contribution is 2.30. The summed E-state index contributed by atoms with van der Waals surface area (Å²) >= 11 is 9.67. The second-order valence-electron chi connectivity index (χ2n) is 8.61. The van der Waals surface area contributed by atoms with Gasteiger partial charge in [-0.05, 0) is 41.3 Å². The zero-order chi connectivity index (χ0) is 22.1. The number of anilines is 1. The van der Waals surface area contributed by atoms with Gasteiger partial charge in [0, 0.05) is 22.5 Å². The molecule has 1 aliphatic rings. The van der Waals surface area contributed by atoms with E-state index in [1.165, 1.54) is 9.80 Å². The maximum absolute atomic E-state index is 13.3. The van der Waals surface area contributed by atoms with Gasteiger partial charge in [0.2, 0.25) is 11.8 Å². The van der Waals surface area contributed by atoms with Crippen molar-refractivity contribution in [3.63, 3.8) is 0 Å². The molecular formula is C23H24BrClN2O3. The standard InChI is InChI=1S/C23H24BrClN2O3/c1-23(2,3)13-21(29)26(14-15-6-4-5-7-18(15)25)19-12-20(28)27(22(19)30)17-10-8-16(24)9-11-17/h4-11,19H,12-14H2,1-3H3. The molecule has 0 bridgehead atoms. The zero-order valence-electron chi connectivity index (χ0n) is 17.2. The van der Waals surface area contributed by atoms with Crippen molar-refractivity contribution in [3.05, 3.63) is 63.6 Å². The van der Waals surface area contributed by atoms with Crippen molar-refractivity contribution in [3.8, 4) is 0 Å². The van der Waals surface area contributed by atoms with E-state index in [-0.39, 0.29) is 36.6 Å². The van der Waals surface area contributed by atoms with E-state index in [1.54, 1.807) is 30.3 Å². The number of hydrogen-bond acceptors (Lipinski definition) is 3. The highest BCUT2D eigenvalue weighted by atomic mass is 79.9. The molecule has 1 heterocycles. The molecule has 1 unspecified atom stereocenters. The van der Waals surface area contributed by atoms with E-state index in [1.807, 2.05) is 39.0 Å². The fourth-order valence-corrected chi connectivity index (χ4v) is 3.92. The van der Waals surface area contributed by atoms with Crippen LogP contribution in [0.1, 0.15) is 39.2 Å². The molecule has 0 aromatic heterocycles. The quantitative estimate of drug-likeness (QED) is 0.540. The summed E-state index contributed by atoms with van der Waals surface area (Å²) in [5, 5.41) is 0.521. The number of rotatable bonds is 5. The number of carbonyl (C=O) groups excluding carboxylic acids is 3. The van der Waals surface area contributed by atoms with E-state index in [2.05, 4.69) is 15.9 Å². The Balaban J connectivity index is 1.93. The number of halogens is 2. The lowest BCUT2D eigenvalue weighted by Gasteiger charge is -2.30. The Morgan fingerprint density at radius 1 is 1.13 bits per heavy atom. The number of amides is 3. The van der Waals surface area contributed by atoms with Gasteiger partial charge in [-0.3, -0.25) is 14.4 Å². The summed E-state index contributed by atoms with van der Waals surface area (Å²) < 4.78 is 0.850. The van der Waals surface area contributed by atoms with Crippen molar-refractivity contribution in [2.75, 3.05) is 4.90 Å². The van der Waals surface area contributed by atoms with E-state index in [0.717, 1.165) is 10.0 Å². The van der Waals surface area contributed by atoms with Crippen molar-refractivity contribution in [1.29, 1.82) is 0 Å². The molecule has 0 radical (unpaired) electrons. The van der Waals surface area contributed by atoms with Gasteiger partial charge in [-0.2, -0.15) is 0 Å². The summed E-state index contributed by atoms with van der Waals surface area (Å²) in [5.74, 6) is -0.886. The fraction of sp³-hybridized carbons (Fsp3) is 0.348. The molecule has 1 saturated heterocycles. The average Bonchev–Trinajstić information content (AvgIpc) is 2.94. The van der Waals surface area contributed by atoms with Crippen molar-refractivity contribution in [2.24, 2.45) is 5.41 Å². The minimum absolute atomic E-state index is 0.0464. The van der Waals surface area contributed by atoms with Gasteiger partial charge in [0.25, 0.3) is 5.91 Å². The summed E-state index contributed by atoms with van der Waals surface area (Å²) in [6.07, 6.45) is 0.211. The summed E-state index contributed by atoms with van der Waals surface area (Å²) in [6.45, 7) is 6.07. The van der Waals surface area contributed by atoms with Gasteiger partial charge >= 0.3 is 0 Å². The third-order valence-electron chi connectivity index (χ3n) is 4.88. The monoisotopic (exact) mass is 490 g/mol. The van der Waals surface area contributed by atoms with Crippen molar-refractivity contribution in [2.45, 2.75) is 46.2 Å². The number of nitrogens with zero attached hydrogens (tertiary/aromatic N) is 2. The molecule has 3 rings (SSSR count). The van der Waals surface area contributed by atoms with Gasteiger partial charge < -0.3 is 4.90 Å². The van der Waals surface area contributed by atoms with E-state index in [9.17, 15) is 14.4 Å². The van der Waals surface area contributed by atoms with E-state index in [4.69, 9.17) is 11.6 Å². The van der Waals surface area contributed by atoms with E-state index < -0.39 is 11.9 Å². The molecule has 2 aromatic carbocycles. The smallest absolute Gasteiger partial charge is 0.257 e. The van der Waals surface area contributed by atoms with Gasteiger partial charge in [0.1, 0.15) is 6.04 Å². The minimum atomic E-state index is -0.854. The predicted octanol–water partition coefficient (Wildman–Crippen LogP) is 5.20. The third-order valence-corrected chi connectivity index (χ3v) is 5.78. The Kier molecular flexibility index (Phi) is 6.68. The van der Waals surface area contributed by atoms with Crippen molar-refractivity contribution >= 4 is 50.9 Å². The minimum Gasteiger partial charge on any atom is -0.326 e. The van der Waals surface area contributed by atoms with Gasteiger partial charge in [0.05, 0.1) is 12.1 Å². The number of benzene rings is 2. The molecule has 7 heteroatoms. The van der Waals surface area contributed by atoms with Crippen LogP contribution in [0, 0.1) is 5.41 Å². The molecule has 0 aliphatic carbocycles. The maximum atomic E-state index is 13.3. The van der Waals surface area contributed by atoms with Crippen LogP contribution in [-0.4, -0.2) is 28.7 Å². The Morgan fingerprint density at radius 3 is 2.37 bits per heavy atom. The summed E-state index contributed by atoms with van der Waals surface area (Å²) in [7, 11) is 0. The lowest BCUT2D eigenvalue weighted by molar-refractivity contribution is -0.140. The average molecular weight is 492 g/mol. The summed E-state index contributed by atoms with van der Waals surface area (Å²) in [6, 6.07) is 13.3. The molecule has 2 aromatic rings. The van der Waals surface area contributed by atoms with Crippen LogP contribution >= 0.6 is 27.5 Å². The van der Waals surface area contributed by atoms with Crippen molar-refractivity contribution in [1.82, 2.24) is 4.90 Å². The Hall–Kier alpha value is -2.18. The van der Waals surface area contributed by atoms with Gasteiger partial charge in [-0.25, -0.2) is 4.90 Å². The van der Waals surface area contributed by atoms with Gasteiger partial charge in [-0.15, -0.1) is 0 Å². The molecule has 30 heavy (non-hydrogen) atoms. The molecule has 3 amide bonds. The first-order valence-electron chi connectivity index (χ1n) is 9.72. The maximum Gasteiger partial charge on any atom is 0.257 e. The topological polar surface area (TPSA) is 57.7 Å². The van der Waals surface area contributed by atoms with Crippen LogP contribution in [0.4, 0.5) is 5.69 Å². The van der Waals surface area contributed by atoms with Crippen molar-refractivity contribution < 1.29 is 14.4 Å². The first kappa shape index (κ1) is 22.5. The fourth-order valence-electron chi connectivity index (χ4n) is 3.46. The lowest BCUT2D eigenvalue weighted by atomic mass is 9.91. The van der Waals surface area contributed by atoms with Crippen LogP contribution in [-0.2, 0) is 20.9 Å². The molecule has 0 saturated carbocycles. The third kappa shape index (κ3) is 5.10. The second kappa shape index (κ2) is 8.90. The predicted molar refractivity (Wildman–Crippen MR) is 121 cm³/mol. The molecule has 1 aliphatic heterocycles. The van der Waals surface area contributed by atoms with E-state index >= 15 is 0 Å². The molecule has 5 nitrogen and oxygen atoms in total. The number of hydrogen-bond donors (Lipinski definition) is 0. The Labute approximate surface area is 190 Å². The Bertz CT molecular complexity index is 969. The SMILES string of the molecule is CC(C)(C)CC(=O)N(Cc1ccccc1Cl)C1CC(=O)N(c2ccc(Br)cc2)C1=O. The molecule has 0 N–H and O–H groups in total. The first-order chi connectivity index (χ1) is 14.1. The highest BCUT2D eigenvalue weighted by molar-refractivity contribution is 9.10. The molecule has 0 spiro atoms. The number of carbonyl (C=O) groups is 3. The van der Waals surface area contributed by atoms with Gasteiger partial charge in [0.15, 0.2) is 0 Å². The van der Waals surface area contributed by atoms with Crippen LogP contribution in [0.3, 0.4) is 0 Å². The molecular weight excluding hydrogens is 468 g/mol. The lowest BCUT2D eigenvalue weighted by Crippen LogP contribution is -2.46. The molecule has 1 fully saturated rings. The Morgan fingerprint density at radius 2 is 1.77 bits per heavy atom. The largest absolute Gasteiger partial charge is 0.326 e. The van der Waals surface area contributed by atoms with Gasteiger partial charge in [-0.1, -0.05) is 66.5 Å². The van der Waals surface area contributed by atoms with Crippen LogP contribution in [0.15, 0.2) is 53.0 Å².